The van der Waals surface area contributed by atoms with Crippen molar-refractivity contribution in [3.63, 3.8) is 0 Å². The van der Waals surface area contributed by atoms with Gasteiger partial charge in [0.05, 0.1) is 12.2 Å². The number of aromatic nitrogens is 1. The van der Waals surface area contributed by atoms with Crippen molar-refractivity contribution in [3.05, 3.63) is 30.0 Å². The first-order valence-corrected chi connectivity index (χ1v) is 7.25. The van der Waals surface area contributed by atoms with Crippen LogP contribution < -0.4 is 5.73 Å². The Morgan fingerprint density at radius 3 is 2.90 bits per heavy atom. The number of nitrogens with two attached hydrogens (primary N) is 1. The molecule has 1 atom stereocenters. The molecule has 1 heterocycles. The molecule has 1 aromatic heterocycles. The lowest BCUT2D eigenvalue weighted by Crippen LogP contribution is -2.40. The van der Waals surface area contributed by atoms with E-state index < -0.39 is 0 Å². The first kappa shape index (κ1) is 15.4. The smallest absolute Gasteiger partial charge is 0.256 e. The van der Waals surface area contributed by atoms with Crippen molar-refractivity contribution < 1.29 is 9.53 Å². The first-order valence-electron chi connectivity index (χ1n) is 7.25. The Bertz CT molecular complexity index is 621. The Labute approximate surface area is 125 Å². The summed E-state index contributed by atoms with van der Waals surface area (Å²) in [5.74, 6) is 0.0254. The predicted octanol–water partition coefficient (Wildman–Crippen LogP) is 2.64. The summed E-state index contributed by atoms with van der Waals surface area (Å²) in [6, 6.07) is 5.72. The van der Waals surface area contributed by atoms with Gasteiger partial charge in [-0.3, -0.25) is 4.79 Å². The molecular weight excluding hydrogens is 266 g/mol. The van der Waals surface area contributed by atoms with E-state index in [0.29, 0.717) is 24.4 Å². The fourth-order valence-corrected chi connectivity index (χ4v) is 2.41. The minimum atomic E-state index is 0.0254. The number of benzene rings is 1. The van der Waals surface area contributed by atoms with Gasteiger partial charge in [0.15, 0.2) is 0 Å². The molecule has 1 unspecified atom stereocenters. The number of rotatable bonds is 6. The molecule has 0 fully saturated rings. The standard InChI is InChI=1S/C16H23N3O2/c1-4-11(2)19(7-8-21-3)16(20)14-10-18-15-9-12(17)5-6-13(14)15/h5-6,9-11,18H,4,7-8,17H2,1-3H3. The number of carbonyl (C=O) groups excluding carboxylic acids is 1. The molecule has 114 valence electrons. The molecule has 0 aliphatic heterocycles. The molecule has 0 spiro atoms. The highest BCUT2D eigenvalue weighted by Crippen LogP contribution is 2.23. The van der Waals surface area contributed by atoms with Crippen LogP contribution in [0.2, 0.25) is 0 Å². The zero-order valence-corrected chi connectivity index (χ0v) is 12.8. The normalized spacial score (nSPS) is 12.5. The zero-order chi connectivity index (χ0) is 15.4. The summed E-state index contributed by atoms with van der Waals surface area (Å²) in [5.41, 5.74) is 8.02. The maximum atomic E-state index is 12.8. The van der Waals surface area contributed by atoms with Crippen LogP contribution in [0.3, 0.4) is 0 Å². The third kappa shape index (κ3) is 3.19. The molecule has 5 nitrogen and oxygen atoms in total. The van der Waals surface area contributed by atoms with Gasteiger partial charge in [0.25, 0.3) is 5.91 Å². The van der Waals surface area contributed by atoms with Crippen molar-refractivity contribution in [2.75, 3.05) is 26.0 Å². The highest BCUT2D eigenvalue weighted by atomic mass is 16.5. The summed E-state index contributed by atoms with van der Waals surface area (Å²) in [6.07, 6.45) is 2.67. The van der Waals surface area contributed by atoms with E-state index in [1.54, 1.807) is 13.3 Å². The van der Waals surface area contributed by atoms with Crippen LogP contribution in [0.25, 0.3) is 10.9 Å². The second-order valence-electron chi connectivity index (χ2n) is 5.26. The van der Waals surface area contributed by atoms with Gasteiger partial charge in [0, 0.05) is 42.5 Å². The molecule has 0 saturated carbocycles. The van der Waals surface area contributed by atoms with E-state index in [1.807, 2.05) is 23.1 Å². The Hall–Kier alpha value is -2.01. The molecule has 1 aromatic carbocycles. The van der Waals surface area contributed by atoms with Crippen molar-refractivity contribution in [2.24, 2.45) is 0 Å². The molecule has 0 saturated heterocycles. The molecule has 2 aromatic rings. The van der Waals surface area contributed by atoms with Gasteiger partial charge in [-0.1, -0.05) is 6.92 Å². The Kier molecular flexibility index (Phi) is 4.85. The topological polar surface area (TPSA) is 71.3 Å². The molecule has 21 heavy (non-hydrogen) atoms. The van der Waals surface area contributed by atoms with Gasteiger partial charge in [-0.05, 0) is 31.5 Å². The molecule has 0 aliphatic rings. The number of carbonyl (C=O) groups is 1. The van der Waals surface area contributed by atoms with Gasteiger partial charge in [-0.15, -0.1) is 0 Å². The van der Waals surface area contributed by atoms with E-state index in [9.17, 15) is 4.79 Å². The number of hydrogen-bond acceptors (Lipinski definition) is 3. The second kappa shape index (κ2) is 6.63. The Morgan fingerprint density at radius 1 is 1.48 bits per heavy atom. The summed E-state index contributed by atoms with van der Waals surface area (Å²) >= 11 is 0. The lowest BCUT2D eigenvalue weighted by atomic mass is 10.1. The largest absolute Gasteiger partial charge is 0.399 e. The number of hydrogen-bond donors (Lipinski definition) is 2. The third-order valence-corrected chi connectivity index (χ3v) is 3.86. The highest BCUT2D eigenvalue weighted by molar-refractivity contribution is 6.07. The number of fused-ring (bicyclic) bond motifs is 1. The van der Waals surface area contributed by atoms with Crippen LogP contribution in [0.1, 0.15) is 30.6 Å². The van der Waals surface area contributed by atoms with E-state index in [4.69, 9.17) is 10.5 Å². The third-order valence-electron chi connectivity index (χ3n) is 3.86. The van der Waals surface area contributed by atoms with E-state index in [2.05, 4.69) is 18.8 Å². The van der Waals surface area contributed by atoms with Crippen LogP contribution in [0.4, 0.5) is 5.69 Å². The van der Waals surface area contributed by atoms with Crippen LogP contribution >= 0.6 is 0 Å². The molecule has 0 aliphatic carbocycles. The van der Waals surface area contributed by atoms with E-state index in [1.165, 1.54) is 0 Å². The molecule has 3 N–H and O–H groups in total. The van der Waals surface area contributed by atoms with Crippen molar-refractivity contribution in [1.29, 1.82) is 0 Å². The summed E-state index contributed by atoms with van der Waals surface area (Å²) < 4.78 is 5.12. The predicted molar refractivity (Wildman–Crippen MR) is 85.4 cm³/mol. The lowest BCUT2D eigenvalue weighted by Gasteiger charge is -2.28. The Balaban J connectivity index is 2.33. The molecule has 1 amide bonds. The molecule has 0 radical (unpaired) electrons. The van der Waals surface area contributed by atoms with Gasteiger partial charge in [-0.25, -0.2) is 0 Å². The van der Waals surface area contributed by atoms with Crippen LogP contribution in [0.5, 0.6) is 0 Å². The van der Waals surface area contributed by atoms with Crippen LogP contribution in [0, 0.1) is 0 Å². The lowest BCUT2D eigenvalue weighted by molar-refractivity contribution is 0.0616. The average molecular weight is 289 g/mol. The summed E-state index contributed by atoms with van der Waals surface area (Å²) in [4.78, 5) is 17.8. The number of nitrogen functional groups attached to an aromatic ring is 1. The number of ether oxygens (including phenoxy) is 1. The maximum Gasteiger partial charge on any atom is 0.256 e. The number of nitrogens with one attached hydrogen (secondary N) is 1. The van der Waals surface area contributed by atoms with E-state index >= 15 is 0 Å². The summed E-state index contributed by atoms with van der Waals surface area (Å²) in [5, 5.41) is 0.903. The molecular formula is C16H23N3O2. The van der Waals surface area contributed by atoms with Gasteiger partial charge in [0.2, 0.25) is 0 Å². The van der Waals surface area contributed by atoms with E-state index in [0.717, 1.165) is 17.3 Å². The monoisotopic (exact) mass is 289 g/mol. The van der Waals surface area contributed by atoms with Crippen molar-refractivity contribution in [2.45, 2.75) is 26.3 Å². The summed E-state index contributed by atoms with van der Waals surface area (Å²) in [6.45, 7) is 5.26. The SMILES string of the molecule is CCC(C)N(CCOC)C(=O)c1c[nH]c2cc(N)ccc12. The van der Waals surface area contributed by atoms with Crippen molar-refractivity contribution >= 4 is 22.5 Å². The minimum absolute atomic E-state index is 0.0254. The zero-order valence-electron chi connectivity index (χ0n) is 12.8. The fourth-order valence-electron chi connectivity index (χ4n) is 2.41. The van der Waals surface area contributed by atoms with Gasteiger partial charge < -0.3 is 20.4 Å². The van der Waals surface area contributed by atoms with Crippen LogP contribution in [0.15, 0.2) is 24.4 Å². The van der Waals surface area contributed by atoms with Crippen LogP contribution in [-0.4, -0.2) is 42.1 Å². The van der Waals surface area contributed by atoms with Gasteiger partial charge in [-0.2, -0.15) is 0 Å². The maximum absolute atomic E-state index is 12.8. The molecule has 2 rings (SSSR count). The quantitative estimate of drug-likeness (QED) is 0.803. The molecule has 0 bridgehead atoms. The van der Waals surface area contributed by atoms with Gasteiger partial charge >= 0.3 is 0 Å². The average Bonchev–Trinajstić information content (AvgIpc) is 2.89. The van der Waals surface area contributed by atoms with Crippen molar-refractivity contribution in [1.82, 2.24) is 9.88 Å². The van der Waals surface area contributed by atoms with E-state index in [-0.39, 0.29) is 11.9 Å². The number of aromatic amines is 1. The van der Waals surface area contributed by atoms with Gasteiger partial charge in [0.1, 0.15) is 0 Å². The Morgan fingerprint density at radius 2 is 2.24 bits per heavy atom. The second-order valence-corrected chi connectivity index (χ2v) is 5.26. The van der Waals surface area contributed by atoms with Crippen molar-refractivity contribution in [3.8, 4) is 0 Å². The number of amides is 1. The highest BCUT2D eigenvalue weighted by Gasteiger charge is 2.22. The number of anilines is 1. The van der Waals surface area contributed by atoms with Crippen LogP contribution in [-0.2, 0) is 4.74 Å². The summed E-state index contributed by atoms with van der Waals surface area (Å²) in [7, 11) is 1.65. The minimum Gasteiger partial charge on any atom is -0.399 e. The number of methoxy groups -OCH3 is 1. The fraction of sp³-hybridized carbons (Fsp3) is 0.438. The number of H-pyrrole nitrogens is 1. The first-order chi connectivity index (χ1) is 10.1. The molecule has 5 heteroatoms. The number of nitrogens with zero attached hydrogens (tertiary/aromatic N) is 1.